The molecule has 4 aromatic rings. The molecule has 32 heavy (non-hydrogen) atoms. The van der Waals surface area contributed by atoms with E-state index in [1.807, 2.05) is 56.3 Å². The highest BCUT2D eigenvalue weighted by Crippen LogP contribution is 2.42. The van der Waals surface area contributed by atoms with Crippen LogP contribution in [0.5, 0.6) is 5.75 Å². The van der Waals surface area contributed by atoms with Gasteiger partial charge in [0.15, 0.2) is 11.0 Å². The summed E-state index contributed by atoms with van der Waals surface area (Å²) < 4.78 is 14.0. The molecule has 2 aromatic carbocycles. The van der Waals surface area contributed by atoms with E-state index in [1.54, 1.807) is 17.8 Å². The third kappa shape index (κ3) is 4.52. The summed E-state index contributed by atoms with van der Waals surface area (Å²) in [6, 6.07) is 15.8. The molecule has 0 amide bonds. The average molecular weight is 468 g/mol. The molecule has 2 heterocycles. The van der Waals surface area contributed by atoms with Crippen molar-refractivity contribution in [1.29, 1.82) is 0 Å². The van der Waals surface area contributed by atoms with Crippen LogP contribution >= 0.6 is 23.4 Å². The zero-order valence-electron chi connectivity index (χ0n) is 17.7. The summed E-state index contributed by atoms with van der Waals surface area (Å²) >= 11 is 7.77. The first-order chi connectivity index (χ1) is 15.6. The molecule has 0 aliphatic heterocycles. The first kappa shape index (κ1) is 21.0. The van der Waals surface area contributed by atoms with Crippen molar-refractivity contribution in [2.45, 2.75) is 49.7 Å². The molecule has 0 unspecified atom stereocenters. The number of nitrogens with zero attached hydrogens (tertiary/aromatic N) is 5. The van der Waals surface area contributed by atoms with Crippen LogP contribution in [-0.4, -0.2) is 25.0 Å². The molecular formula is C23H22ClN5O2S. The number of thioether (sulfide) groups is 1. The van der Waals surface area contributed by atoms with Crippen molar-refractivity contribution in [2.75, 3.05) is 0 Å². The number of para-hydroxylation sites is 1. The second-order valence-electron chi connectivity index (χ2n) is 7.79. The third-order valence-electron chi connectivity index (χ3n) is 5.21. The molecule has 0 radical (unpaired) electrons. The van der Waals surface area contributed by atoms with Crippen LogP contribution in [0.15, 0.2) is 58.1 Å². The van der Waals surface area contributed by atoms with Gasteiger partial charge >= 0.3 is 0 Å². The van der Waals surface area contributed by atoms with Gasteiger partial charge in [-0.15, -0.1) is 20.4 Å². The SMILES string of the molecule is Cc1ccc(-c2nnc([C@@H](C)Sc3nnc(COc4ccccc4Cl)n3C3CC3)o2)cc1. The highest BCUT2D eigenvalue weighted by atomic mass is 35.5. The quantitative estimate of drug-likeness (QED) is 0.291. The zero-order valence-corrected chi connectivity index (χ0v) is 19.3. The van der Waals surface area contributed by atoms with E-state index in [-0.39, 0.29) is 5.25 Å². The Morgan fingerprint density at radius 2 is 1.88 bits per heavy atom. The van der Waals surface area contributed by atoms with Crippen LogP contribution < -0.4 is 4.74 Å². The zero-order chi connectivity index (χ0) is 22.1. The fourth-order valence-electron chi connectivity index (χ4n) is 3.31. The third-order valence-corrected chi connectivity index (χ3v) is 6.57. The smallest absolute Gasteiger partial charge is 0.247 e. The summed E-state index contributed by atoms with van der Waals surface area (Å²) in [5.41, 5.74) is 2.10. The summed E-state index contributed by atoms with van der Waals surface area (Å²) in [5, 5.41) is 18.6. The van der Waals surface area contributed by atoms with Crippen molar-refractivity contribution in [3.05, 3.63) is 70.8 Å². The summed E-state index contributed by atoms with van der Waals surface area (Å²) in [5.74, 6) is 2.50. The van der Waals surface area contributed by atoms with Crippen LogP contribution in [0.4, 0.5) is 0 Å². The van der Waals surface area contributed by atoms with Crippen molar-refractivity contribution in [2.24, 2.45) is 0 Å². The molecule has 9 heteroatoms. The maximum Gasteiger partial charge on any atom is 0.247 e. The van der Waals surface area contributed by atoms with Crippen LogP contribution in [0.2, 0.25) is 5.02 Å². The van der Waals surface area contributed by atoms with Crippen molar-refractivity contribution in [3.8, 4) is 17.2 Å². The number of aromatic nitrogens is 5. The Hall–Kier alpha value is -2.84. The van der Waals surface area contributed by atoms with Crippen LogP contribution in [0.1, 0.15) is 48.3 Å². The Morgan fingerprint density at radius 3 is 2.62 bits per heavy atom. The van der Waals surface area contributed by atoms with Crippen molar-refractivity contribution in [3.63, 3.8) is 0 Å². The van der Waals surface area contributed by atoms with Gasteiger partial charge in [0.25, 0.3) is 0 Å². The molecule has 0 N–H and O–H groups in total. The lowest BCUT2D eigenvalue weighted by Gasteiger charge is -2.12. The van der Waals surface area contributed by atoms with E-state index >= 15 is 0 Å². The molecule has 2 aromatic heterocycles. The first-order valence-electron chi connectivity index (χ1n) is 10.5. The summed E-state index contributed by atoms with van der Waals surface area (Å²) in [4.78, 5) is 0. The van der Waals surface area contributed by atoms with Gasteiger partial charge in [-0.1, -0.05) is 53.2 Å². The van der Waals surface area contributed by atoms with Crippen molar-refractivity contribution < 1.29 is 9.15 Å². The number of ether oxygens (including phenoxy) is 1. The van der Waals surface area contributed by atoms with E-state index < -0.39 is 0 Å². The number of rotatable bonds is 8. The van der Waals surface area contributed by atoms with E-state index in [2.05, 4.69) is 25.0 Å². The van der Waals surface area contributed by atoms with Crippen LogP contribution in [-0.2, 0) is 6.61 Å². The largest absolute Gasteiger partial charge is 0.484 e. The number of halogens is 1. The molecule has 0 spiro atoms. The molecule has 1 saturated carbocycles. The van der Waals surface area contributed by atoms with Gasteiger partial charge in [-0.25, -0.2) is 0 Å². The van der Waals surface area contributed by atoms with E-state index in [4.69, 9.17) is 20.8 Å². The number of hydrogen-bond acceptors (Lipinski definition) is 7. The second-order valence-corrected chi connectivity index (χ2v) is 9.51. The fourth-order valence-corrected chi connectivity index (χ4v) is 4.47. The molecule has 164 valence electrons. The van der Waals surface area contributed by atoms with Crippen LogP contribution in [0.3, 0.4) is 0 Å². The molecule has 1 aliphatic rings. The van der Waals surface area contributed by atoms with Crippen molar-refractivity contribution >= 4 is 23.4 Å². The number of hydrogen-bond donors (Lipinski definition) is 0. The predicted molar refractivity (Wildman–Crippen MR) is 123 cm³/mol. The maximum atomic E-state index is 6.21. The van der Waals surface area contributed by atoms with Gasteiger partial charge < -0.3 is 9.15 Å². The highest BCUT2D eigenvalue weighted by molar-refractivity contribution is 7.99. The average Bonchev–Trinajstić information content (AvgIpc) is 3.36. The van der Waals surface area contributed by atoms with Crippen molar-refractivity contribution in [1.82, 2.24) is 25.0 Å². The van der Waals surface area contributed by atoms with Gasteiger partial charge in [0.2, 0.25) is 11.8 Å². The summed E-state index contributed by atoms with van der Waals surface area (Å²) in [7, 11) is 0. The molecule has 7 nitrogen and oxygen atoms in total. The fraction of sp³-hybridized carbons (Fsp3) is 0.304. The molecule has 1 aliphatic carbocycles. The Bertz CT molecular complexity index is 1220. The minimum absolute atomic E-state index is 0.0688. The standard InChI is InChI=1S/C23H22ClN5O2S/c1-14-7-9-16(10-8-14)22-27-26-21(31-22)15(2)32-23-28-25-20(29(23)17-11-12-17)13-30-19-6-4-3-5-18(19)24/h3-10,15,17H,11-13H2,1-2H3/t15-/m1/s1. The Labute approximate surface area is 195 Å². The summed E-state index contributed by atoms with van der Waals surface area (Å²) in [6.07, 6.45) is 2.22. The molecular weight excluding hydrogens is 446 g/mol. The van der Waals surface area contributed by atoms with Crippen LogP contribution in [0, 0.1) is 6.92 Å². The minimum Gasteiger partial charge on any atom is -0.484 e. The number of aryl methyl sites for hydroxylation is 1. The predicted octanol–water partition coefficient (Wildman–Crippen LogP) is 6.06. The lowest BCUT2D eigenvalue weighted by Crippen LogP contribution is -2.07. The van der Waals surface area contributed by atoms with E-state index in [9.17, 15) is 0 Å². The Balaban J connectivity index is 1.31. The highest BCUT2D eigenvalue weighted by Gasteiger charge is 2.31. The molecule has 5 rings (SSSR count). The molecule has 1 fully saturated rings. The van der Waals surface area contributed by atoms with Gasteiger partial charge in [0.05, 0.1) is 10.3 Å². The van der Waals surface area contributed by atoms with Gasteiger partial charge in [-0.2, -0.15) is 0 Å². The molecule has 0 bridgehead atoms. The monoisotopic (exact) mass is 467 g/mol. The second kappa shape index (κ2) is 8.96. The van der Waals surface area contributed by atoms with E-state index in [0.29, 0.717) is 35.2 Å². The lowest BCUT2D eigenvalue weighted by molar-refractivity contribution is 0.288. The summed E-state index contributed by atoms with van der Waals surface area (Å²) in [6.45, 7) is 4.38. The normalized spacial score (nSPS) is 14.5. The van der Waals surface area contributed by atoms with Gasteiger partial charge in [-0.3, -0.25) is 4.57 Å². The Morgan fingerprint density at radius 1 is 1.09 bits per heavy atom. The van der Waals surface area contributed by atoms with E-state index in [0.717, 1.165) is 29.4 Å². The maximum absolute atomic E-state index is 6.21. The van der Waals surface area contributed by atoms with Crippen LogP contribution in [0.25, 0.3) is 11.5 Å². The Kier molecular flexibility index (Phi) is 5.89. The number of benzene rings is 2. The minimum atomic E-state index is -0.0688. The van der Waals surface area contributed by atoms with Gasteiger partial charge in [0, 0.05) is 11.6 Å². The topological polar surface area (TPSA) is 78.9 Å². The molecule has 0 saturated heterocycles. The van der Waals surface area contributed by atoms with Gasteiger partial charge in [-0.05, 0) is 51.0 Å². The first-order valence-corrected chi connectivity index (χ1v) is 11.7. The lowest BCUT2D eigenvalue weighted by atomic mass is 10.1. The van der Waals surface area contributed by atoms with E-state index in [1.165, 1.54) is 5.56 Å². The molecule has 1 atom stereocenters. The van der Waals surface area contributed by atoms with Gasteiger partial charge in [0.1, 0.15) is 12.4 Å².